The van der Waals surface area contributed by atoms with Gasteiger partial charge in [0.05, 0.1) is 13.2 Å². The van der Waals surface area contributed by atoms with E-state index in [4.69, 9.17) is 9.47 Å². The predicted molar refractivity (Wildman–Crippen MR) is 85.5 cm³/mol. The van der Waals surface area contributed by atoms with Crippen molar-refractivity contribution in [2.75, 3.05) is 26.9 Å². The van der Waals surface area contributed by atoms with Crippen molar-refractivity contribution in [3.8, 4) is 11.4 Å². The van der Waals surface area contributed by atoms with Crippen LogP contribution in [0.4, 0.5) is 0 Å². The van der Waals surface area contributed by atoms with E-state index in [1.807, 2.05) is 16.8 Å². The standard InChI is InChI=1S/C14H18IN3O2/c1-19-9-10-20-8-2-7-18-11-16-14(17-18)12-3-5-13(15)6-4-12/h3-6,11H,2,7-10H2,1H3. The van der Waals surface area contributed by atoms with Crippen LogP contribution in [0.25, 0.3) is 11.4 Å². The highest BCUT2D eigenvalue weighted by Crippen LogP contribution is 2.16. The van der Waals surface area contributed by atoms with Crippen molar-refractivity contribution in [3.05, 3.63) is 34.2 Å². The van der Waals surface area contributed by atoms with E-state index < -0.39 is 0 Å². The number of hydrogen-bond donors (Lipinski definition) is 0. The summed E-state index contributed by atoms with van der Waals surface area (Å²) in [4.78, 5) is 4.33. The minimum atomic E-state index is 0.639. The predicted octanol–water partition coefficient (Wildman–Crippen LogP) is 2.60. The minimum absolute atomic E-state index is 0.639. The molecule has 0 N–H and O–H groups in total. The number of methoxy groups -OCH3 is 1. The van der Waals surface area contributed by atoms with Crippen LogP contribution in [0, 0.1) is 3.57 Å². The molecule has 0 aliphatic heterocycles. The molecule has 2 rings (SSSR count). The summed E-state index contributed by atoms with van der Waals surface area (Å²) in [6.45, 7) is 2.80. The second kappa shape index (κ2) is 8.33. The SMILES string of the molecule is COCCOCCCn1cnc(-c2ccc(I)cc2)n1. The van der Waals surface area contributed by atoms with E-state index in [1.165, 1.54) is 3.57 Å². The van der Waals surface area contributed by atoms with Gasteiger partial charge in [0.1, 0.15) is 6.33 Å². The molecule has 1 aromatic carbocycles. The molecule has 0 radical (unpaired) electrons. The lowest BCUT2D eigenvalue weighted by Gasteiger charge is -2.03. The van der Waals surface area contributed by atoms with E-state index in [0.29, 0.717) is 19.8 Å². The number of hydrogen-bond acceptors (Lipinski definition) is 4. The van der Waals surface area contributed by atoms with Gasteiger partial charge >= 0.3 is 0 Å². The molecule has 0 saturated carbocycles. The van der Waals surface area contributed by atoms with Gasteiger partial charge in [-0.15, -0.1) is 0 Å². The van der Waals surface area contributed by atoms with Crippen molar-refractivity contribution in [2.24, 2.45) is 0 Å². The Morgan fingerprint density at radius 3 is 2.70 bits per heavy atom. The van der Waals surface area contributed by atoms with E-state index >= 15 is 0 Å². The van der Waals surface area contributed by atoms with Crippen molar-refractivity contribution in [1.29, 1.82) is 0 Å². The molecule has 6 heteroatoms. The van der Waals surface area contributed by atoms with E-state index in [-0.39, 0.29) is 0 Å². The highest BCUT2D eigenvalue weighted by atomic mass is 127. The molecule has 2 aromatic rings. The Labute approximate surface area is 132 Å². The molecule has 0 saturated heterocycles. The van der Waals surface area contributed by atoms with Crippen LogP contribution in [0.2, 0.25) is 0 Å². The van der Waals surface area contributed by atoms with Crippen LogP contribution in [0.3, 0.4) is 0 Å². The van der Waals surface area contributed by atoms with Crippen LogP contribution >= 0.6 is 22.6 Å². The summed E-state index contributed by atoms with van der Waals surface area (Å²) in [5.41, 5.74) is 1.04. The Morgan fingerprint density at radius 2 is 1.95 bits per heavy atom. The molecule has 0 unspecified atom stereocenters. The first-order valence-corrected chi connectivity index (χ1v) is 7.59. The highest BCUT2D eigenvalue weighted by molar-refractivity contribution is 14.1. The second-order valence-electron chi connectivity index (χ2n) is 4.30. The molecular weight excluding hydrogens is 369 g/mol. The maximum Gasteiger partial charge on any atom is 0.181 e. The quantitative estimate of drug-likeness (QED) is 0.516. The Bertz CT molecular complexity index is 513. The molecule has 0 fully saturated rings. The molecule has 0 aliphatic rings. The average molecular weight is 387 g/mol. The van der Waals surface area contributed by atoms with Crippen molar-refractivity contribution in [1.82, 2.24) is 14.8 Å². The Hall–Kier alpha value is -0.990. The molecule has 0 spiro atoms. The zero-order chi connectivity index (χ0) is 14.2. The van der Waals surface area contributed by atoms with Gasteiger partial charge in [0.2, 0.25) is 0 Å². The van der Waals surface area contributed by atoms with Gasteiger partial charge in [-0.25, -0.2) is 4.98 Å². The topological polar surface area (TPSA) is 49.2 Å². The molecule has 20 heavy (non-hydrogen) atoms. The summed E-state index contributed by atoms with van der Waals surface area (Å²) < 4.78 is 13.4. The van der Waals surface area contributed by atoms with Crippen LogP contribution in [0.15, 0.2) is 30.6 Å². The third kappa shape index (κ3) is 4.84. The Morgan fingerprint density at radius 1 is 1.15 bits per heavy atom. The number of ether oxygens (including phenoxy) is 2. The zero-order valence-corrected chi connectivity index (χ0v) is 13.6. The fourth-order valence-corrected chi connectivity index (χ4v) is 2.07. The highest BCUT2D eigenvalue weighted by Gasteiger charge is 2.03. The summed E-state index contributed by atoms with van der Waals surface area (Å²) in [6.07, 6.45) is 2.68. The first kappa shape index (κ1) is 15.4. The molecular formula is C14H18IN3O2. The van der Waals surface area contributed by atoms with Crippen LogP contribution in [0.5, 0.6) is 0 Å². The van der Waals surface area contributed by atoms with Gasteiger partial charge in [-0.05, 0) is 41.1 Å². The van der Waals surface area contributed by atoms with Crippen LogP contribution in [0.1, 0.15) is 6.42 Å². The lowest BCUT2D eigenvalue weighted by atomic mass is 10.2. The minimum Gasteiger partial charge on any atom is -0.382 e. The maximum atomic E-state index is 5.41. The second-order valence-corrected chi connectivity index (χ2v) is 5.54. The van der Waals surface area contributed by atoms with Gasteiger partial charge in [-0.3, -0.25) is 4.68 Å². The van der Waals surface area contributed by atoms with Crippen molar-refractivity contribution in [2.45, 2.75) is 13.0 Å². The average Bonchev–Trinajstić information content (AvgIpc) is 2.92. The van der Waals surface area contributed by atoms with E-state index in [9.17, 15) is 0 Å². The summed E-state index contributed by atoms with van der Waals surface area (Å²) in [5, 5.41) is 4.47. The summed E-state index contributed by atoms with van der Waals surface area (Å²) in [6, 6.07) is 8.19. The van der Waals surface area contributed by atoms with Gasteiger partial charge in [-0.2, -0.15) is 5.10 Å². The normalized spacial score (nSPS) is 10.9. The smallest absolute Gasteiger partial charge is 0.181 e. The van der Waals surface area contributed by atoms with Gasteiger partial charge in [0, 0.05) is 29.4 Å². The van der Waals surface area contributed by atoms with E-state index in [0.717, 1.165) is 24.4 Å². The fraction of sp³-hybridized carbons (Fsp3) is 0.429. The van der Waals surface area contributed by atoms with Crippen molar-refractivity contribution < 1.29 is 9.47 Å². The van der Waals surface area contributed by atoms with Crippen molar-refractivity contribution in [3.63, 3.8) is 0 Å². The van der Waals surface area contributed by atoms with E-state index in [2.05, 4.69) is 44.8 Å². The van der Waals surface area contributed by atoms with Gasteiger partial charge in [0.15, 0.2) is 5.82 Å². The van der Waals surface area contributed by atoms with Crippen molar-refractivity contribution >= 4 is 22.6 Å². The summed E-state index contributed by atoms with van der Waals surface area (Å²) in [5.74, 6) is 0.765. The third-order valence-electron chi connectivity index (χ3n) is 2.75. The maximum absolute atomic E-state index is 5.41. The number of halogens is 1. The molecule has 0 aliphatic carbocycles. The lowest BCUT2D eigenvalue weighted by molar-refractivity contribution is 0.0677. The lowest BCUT2D eigenvalue weighted by Crippen LogP contribution is -2.06. The van der Waals surface area contributed by atoms with E-state index in [1.54, 1.807) is 13.4 Å². The molecule has 1 heterocycles. The van der Waals surface area contributed by atoms with Crippen LogP contribution in [-0.2, 0) is 16.0 Å². The first-order chi connectivity index (χ1) is 9.79. The zero-order valence-electron chi connectivity index (χ0n) is 11.5. The largest absolute Gasteiger partial charge is 0.382 e. The molecule has 1 aromatic heterocycles. The Balaban J connectivity index is 1.79. The molecule has 108 valence electrons. The number of benzene rings is 1. The molecule has 0 atom stereocenters. The summed E-state index contributed by atoms with van der Waals surface area (Å²) >= 11 is 2.28. The number of aromatic nitrogens is 3. The summed E-state index contributed by atoms with van der Waals surface area (Å²) in [7, 11) is 1.67. The third-order valence-corrected chi connectivity index (χ3v) is 3.47. The molecule has 5 nitrogen and oxygen atoms in total. The molecule has 0 bridgehead atoms. The number of nitrogens with zero attached hydrogens (tertiary/aromatic N) is 3. The first-order valence-electron chi connectivity index (χ1n) is 6.51. The number of aryl methyl sites for hydroxylation is 1. The fourth-order valence-electron chi connectivity index (χ4n) is 1.71. The molecule has 0 amide bonds. The van der Waals surface area contributed by atoms with Crippen LogP contribution in [-0.4, -0.2) is 41.7 Å². The Kier molecular flexibility index (Phi) is 6.41. The number of rotatable bonds is 8. The van der Waals surface area contributed by atoms with Gasteiger partial charge in [-0.1, -0.05) is 12.1 Å². The van der Waals surface area contributed by atoms with Crippen LogP contribution < -0.4 is 0 Å². The monoisotopic (exact) mass is 387 g/mol. The van der Waals surface area contributed by atoms with Gasteiger partial charge in [0.25, 0.3) is 0 Å². The van der Waals surface area contributed by atoms with Gasteiger partial charge < -0.3 is 9.47 Å².